The number of para-hydroxylation sites is 1. The molecule has 0 spiro atoms. The number of methoxy groups -OCH3 is 1. The second-order valence-corrected chi connectivity index (χ2v) is 9.30. The van der Waals surface area contributed by atoms with E-state index in [1.165, 1.54) is 0 Å². The third-order valence-corrected chi connectivity index (χ3v) is 6.85. The number of rotatable bonds is 6. The molecule has 4 N–H and O–H groups in total. The zero-order chi connectivity index (χ0) is 25.7. The molecule has 36 heavy (non-hydrogen) atoms. The Bertz CT molecular complexity index is 1370. The van der Waals surface area contributed by atoms with Crippen molar-refractivity contribution in [2.24, 2.45) is 0 Å². The second kappa shape index (κ2) is 11.3. The number of carboxylic acids is 2. The second-order valence-electron chi connectivity index (χ2n) is 8.30. The first-order valence-electron chi connectivity index (χ1n) is 11.4. The predicted octanol–water partition coefficient (Wildman–Crippen LogP) is 4.64. The van der Waals surface area contributed by atoms with E-state index < -0.39 is 18.0 Å². The third kappa shape index (κ3) is 5.69. The molecule has 1 aliphatic rings. The lowest BCUT2D eigenvalue weighted by molar-refractivity contribution is -0.140. The Kier molecular flexibility index (Phi) is 7.92. The number of carbonyl (C=O) groups is 2. The van der Waals surface area contributed by atoms with E-state index in [0.29, 0.717) is 12.2 Å². The maximum atomic E-state index is 11.9. The van der Waals surface area contributed by atoms with E-state index in [2.05, 4.69) is 27.4 Å². The fraction of sp³-hybridized carbons (Fsp3) is 0.222. The van der Waals surface area contributed by atoms with Crippen LogP contribution in [0.2, 0.25) is 0 Å². The zero-order valence-corrected chi connectivity index (χ0v) is 20.7. The number of pyridine rings is 1. The quantitative estimate of drug-likeness (QED) is 0.279. The molecule has 0 aliphatic carbocycles. The van der Waals surface area contributed by atoms with Crippen LogP contribution in [0.4, 0.5) is 0 Å². The van der Waals surface area contributed by atoms with Crippen molar-refractivity contribution in [1.82, 2.24) is 15.3 Å². The lowest BCUT2D eigenvalue weighted by Crippen LogP contribution is -2.45. The summed E-state index contributed by atoms with van der Waals surface area (Å²) in [6.45, 7) is 1.08. The highest BCUT2D eigenvalue weighted by Gasteiger charge is 2.34. The van der Waals surface area contributed by atoms with Gasteiger partial charge in [0.25, 0.3) is 5.97 Å². The first-order chi connectivity index (χ1) is 17.4. The number of aromatic amines is 1. The van der Waals surface area contributed by atoms with Crippen LogP contribution in [0.3, 0.4) is 0 Å². The average molecular weight is 506 g/mol. The molecule has 8 nitrogen and oxygen atoms in total. The van der Waals surface area contributed by atoms with E-state index in [1.54, 1.807) is 25.1 Å². The molecule has 0 saturated carbocycles. The van der Waals surface area contributed by atoms with Crippen LogP contribution in [0.25, 0.3) is 10.9 Å². The predicted molar refractivity (Wildman–Crippen MR) is 139 cm³/mol. The van der Waals surface area contributed by atoms with Crippen LogP contribution in [0.15, 0.2) is 71.9 Å². The number of benzene rings is 2. The molecule has 2 aromatic carbocycles. The van der Waals surface area contributed by atoms with Crippen molar-refractivity contribution in [2.75, 3.05) is 7.11 Å². The van der Waals surface area contributed by atoms with Crippen molar-refractivity contribution in [1.29, 1.82) is 0 Å². The maximum absolute atomic E-state index is 11.9. The van der Waals surface area contributed by atoms with E-state index in [4.69, 9.17) is 14.6 Å². The zero-order valence-electron chi connectivity index (χ0n) is 19.9. The standard InChI is InChI=1S/C25H23N3O3S.C2H4O2/c1-31-21-10-9-15(12-16(21)14-32-22-8-4-5-11-26-22)23-24-18(13-20(28-23)25(29)30)17-6-2-3-7-19(17)27-24;1-2(3)4/h2-12,20,23,27-28H,13-14H2,1H3,(H,29,30);1H3,(H,3,4). The van der Waals surface area contributed by atoms with Gasteiger partial charge in [-0.2, -0.15) is 0 Å². The largest absolute Gasteiger partial charge is 0.496 e. The first kappa shape index (κ1) is 25.3. The maximum Gasteiger partial charge on any atom is 0.321 e. The van der Waals surface area contributed by atoms with Gasteiger partial charge in [0.2, 0.25) is 0 Å². The van der Waals surface area contributed by atoms with Gasteiger partial charge in [0.15, 0.2) is 0 Å². The molecule has 4 aromatic rings. The van der Waals surface area contributed by atoms with E-state index >= 15 is 0 Å². The summed E-state index contributed by atoms with van der Waals surface area (Å²) in [7, 11) is 1.67. The minimum absolute atomic E-state index is 0.253. The summed E-state index contributed by atoms with van der Waals surface area (Å²) in [6.07, 6.45) is 2.23. The van der Waals surface area contributed by atoms with Crippen LogP contribution in [0, 0.1) is 0 Å². The van der Waals surface area contributed by atoms with Crippen LogP contribution in [0.5, 0.6) is 5.75 Å². The Hall–Kier alpha value is -3.82. The van der Waals surface area contributed by atoms with Crippen molar-refractivity contribution in [3.63, 3.8) is 0 Å². The van der Waals surface area contributed by atoms with Gasteiger partial charge < -0.3 is 19.9 Å². The topological polar surface area (TPSA) is 125 Å². The molecule has 0 fully saturated rings. The molecule has 3 heterocycles. The highest BCUT2D eigenvalue weighted by molar-refractivity contribution is 7.98. The lowest BCUT2D eigenvalue weighted by atomic mass is 9.90. The van der Waals surface area contributed by atoms with Crippen molar-refractivity contribution in [3.05, 3.63) is 89.2 Å². The highest BCUT2D eigenvalue weighted by Crippen LogP contribution is 2.37. The number of hydrogen-bond acceptors (Lipinski definition) is 6. The number of aromatic nitrogens is 2. The van der Waals surface area contributed by atoms with Gasteiger partial charge in [-0.05, 0) is 41.5 Å². The molecule has 0 bridgehead atoms. The number of hydrogen-bond donors (Lipinski definition) is 4. The van der Waals surface area contributed by atoms with E-state index in [-0.39, 0.29) is 6.04 Å². The van der Waals surface area contributed by atoms with E-state index in [1.807, 2.05) is 48.5 Å². The summed E-state index contributed by atoms with van der Waals surface area (Å²) in [4.78, 5) is 28.8. The molecule has 2 unspecified atom stereocenters. The van der Waals surface area contributed by atoms with Crippen LogP contribution in [-0.4, -0.2) is 45.3 Å². The number of H-pyrrole nitrogens is 1. The van der Waals surface area contributed by atoms with E-state index in [0.717, 1.165) is 51.0 Å². The Morgan fingerprint density at radius 3 is 2.56 bits per heavy atom. The number of fused-ring (bicyclic) bond motifs is 3. The van der Waals surface area contributed by atoms with Gasteiger partial charge in [0.05, 0.1) is 18.2 Å². The van der Waals surface area contributed by atoms with Gasteiger partial charge in [-0.15, -0.1) is 11.8 Å². The number of nitrogens with one attached hydrogen (secondary N) is 2. The van der Waals surface area contributed by atoms with Gasteiger partial charge in [-0.3, -0.25) is 14.9 Å². The number of ether oxygens (including phenoxy) is 1. The van der Waals surface area contributed by atoms with Gasteiger partial charge >= 0.3 is 5.97 Å². The molecule has 0 radical (unpaired) electrons. The molecule has 2 aromatic heterocycles. The number of nitrogens with zero attached hydrogens (tertiary/aromatic N) is 1. The van der Waals surface area contributed by atoms with Crippen LogP contribution in [-0.2, 0) is 21.8 Å². The van der Waals surface area contributed by atoms with Crippen molar-refractivity contribution in [2.45, 2.75) is 36.2 Å². The molecule has 2 atom stereocenters. The van der Waals surface area contributed by atoms with Crippen molar-refractivity contribution >= 4 is 34.6 Å². The molecule has 9 heteroatoms. The number of carboxylic acid groups (broad SMARTS) is 2. The monoisotopic (exact) mass is 505 g/mol. The lowest BCUT2D eigenvalue weighted by Gasteiger charge is -2.30. The first-order valence-corrected chi connectivity index (χ1v) is 12.3. The van der Waals surface area contributed by atoms with Gasteiger partial charge in [-0.1, -0.05) is 30.3 Å². The minimum atomic E-state index is -0.842. The Morgan fingerprint density at radius 1 is 1.11 bits per heavy atom. The average Bonchev–Trinajstić information content (AvgIpc) is 3.26. The Labute approximate surface area is 212 Å². The molecule has 0 saturated heterocycles. The fourth-order valence-electron chi connectivity index (χ4n) is 4.33. The highest BCUT2D eigenvalue weighted by atomic mass is 32.2. The Morgan fingerprint density at radius 2 is 1.86 bits per heavy atom. The number of thioether (sulfide) groups is 1. The van der Waals surface area contributed by atoms with Gasteiger partial charge in [0, 0.05) is 47.5 Å². The van der Waals surface area contributed by atoms with E-state index in [9.17, 15) is 9.90 Å². The van der Waals surface area contributed by atoms with Crippen LogP contribution < -0.4 is 10.1 Å². The summed E-state index contributed by atoms with van der Waals surface area (Å²) in [6, 6.07) is 19.1. The summed E-state index contributed by atoms with van der Waals surface area (Å²) < 4.78 is 5.60. The van der Waals surface area contributed by atoms with Crippen LogP contribution in [0.1, 0.15) is 35.3 Å². The molecule has 1 aliphatic heterocycles. The smallest absolute Gasteiger partial charge is 0.321 e. The molecule has 186 valence electrons. The Balaban J connectivity index is 0.000000709. The summed E-state index contributed by atoms with van der Waals surface area (Å²) in [5, 5.41) is 22.6. The normalized spacial score (nSPS) is 16.5. The minimum Gasteiger partial charge on any atom is -0.496 e. The van der Waals surface area contributed by atoms with Crippen molar-refractivity contribution in [3.8, 4) is 5.75 Å². The molecular formula is C27H27N3O5S. The number of aliphatic carboxylic acids is 2. The third-order valence-electron chi connectivity index (χ3n) is 5.86. The summed E-state index contributed by atoms with van der Waals surface area (Å²) >= 11 is 1.64. The SMILES string of the molecule is CC(=O)O.COc1ccc(C2NC(C(=O)O)Cc3c2[nH]c2ccccc32)cc1CSc1ccccn1. The van der Waals surface area contributed by atoms with Crippen molar-refractivity contribution < 1.29 is 24.5 Å². The van der Waals surface area contributed by atoms with Gasteiger partial charge in [0.1, 0.15) is 11.8 Å². The van der Waals surface area contributed by atoms with Gasteiger partial charge in [-0.25, -0.2) is 4.98 Å². The summed E-state index contributed by atoms with van der Waals surface area (Å²) in [5.41, 5.74) is 5.16. The fourth-order valence-corrected chi connectivity index (χ4v) is 5.17. The summed E-state index contributed by atoms with van der Waals surface area (Å²) in [5.74, 6) is -0.173. The van der Waals surface area contributed by atoms with Crippen LogP contribution >= 0.6 is 11.8 Å². The molecule has 0 amide bonds. The molecular weight excluding hydrogens is 478 g/mol. The molecule has 5 rings (SSSR count).